The van der Waals surface area contributed by atoms with Crippen LogP contribution in [0.15, 0.2) is 77.3 Å². The molecule has 0 bridgehead atoms. The normalized spacial score (nSPS) is 19.9. The van der Waals surface area contributed by atoms with Crippen molar-refractivity contribution in [3.05, 3.63) is 87.8 Å². The van der Waals surface area contributed by atoms with E-state index < -0.39 is 6.04 Å². The number of rotatable bonds is 4. The number of carbonyl (C=O) groups excluding carboxylic acids is 2. The fourth-order valence-electron chi connectivity index (χ4n) is 4.86. The summed E-state index contributed by atoms with van der Waals surface area (Å²) >= 11 is 1.69. The molecule has 0 spiro atoms. The van der Waals surface area contributed by atoms with Gasteiger partial charge >= 0.3 is 0 Å². The third-order valence-corrected chi connectivity index (χ3v) is 7.47. The summed E-state index contributed by atoms with van der Waals surface area (Å²) in [6, 6.07) is 19.1. The fraction of sp³-hybridized carbons (Fsp3) is 0.259. The van der Waals surface area contributed by atoms with Gasteiger partial charge in [0.05, 0.1) is 24.5 Å². The smallest absolute Gasteiger partial charge is 0.227 e. The van der Waals surface area contributed by atoms with Crippen molar-refractivity contribution in [2.75, 3.05) is 17.3 Å². The lowest BCUT2D eigenvalue weighted by molar-refractivity contribution is -0.119. The van der Waals surface area contributed by atoms with Gasteiger partial charge in [0, 0.05) is 34.9 Å². The third kappa shape index (κ3) is 3.85. The van der Waals surface area contributed by atoms with Gasteiger partial charge in [-0.25, -0.2) is 0 Å². The quantitative estimate of drug-likeness (QED) is 0.516. The maximum absolute atomic E-state index is 13.7. The van der Waals surface area contributed by atoms with Crippen LogP contribution in [0.3, 0.4) is 0 Å². The van der Waals surface area contributed by atoms with Gasteiger partial charge in [0.2, 0.25) is 5.91 Å². The molecule has 1 amide bonds. The minimum Gasteiger partial charge on any atom is -0.497 e. The molecule has 6 heteroatoms. The molecule has 2 heterocycles. The molecule has 1 N–H and O–H groups in total. The van der Waals surface area contributed by atoms with E-state index >= 15 is 0 Å². The maximum atomic E-state index is 13.7. The van der Waals surface area contributed by atoms with E-state index in [1.807, 2.05) is 61.5 Å². The van der Waals surface area contributed by atoms with E-state index in [4.69, 9.17) is 4.74 Å². The van der Waals surface area contributed by atoms with Gasteiger partial charge in [0.25, 0.3) is 0 Å². The van der Waals surface area contributed by atoms with E-state index in [1.165, 1.54) is 4.88 Å². The molecule has 2 aromatic carbocycles. The lowest BCUT2D eigenvalue weighted by Crippen LogP contribution is -2.38. The van der Waals surface area contributed by atoms with Crippen molar-refractivity contribution >= 4 is 34.4 Å². The van der Waals surface area contributed by atoms with Crippen LogP contribution < -0.4 is 15.0 Å². The maximum Gasteiger partial charge on any atom is 0.227 e. The van der Waals surface area contributed by atoms with Crippen molar-refractivity contribution in [1.29, 1.82) is 0 Å². The molecule has 1 aliphatic carbocycles. The van der Waals surface area contributed by atoms with Crippen LogP contribution in [-0.4, -0.2) is 18.8 Å². The molecule has 0 fully saturated rings. The van der Waals surface area contributed by atoms with Crippen molar-refractivity contribution in [3.8, 4) is 5.75 Å². The van der Waals surface area contributed by atoms with Crippen LogP contribution in [0, 0.1) is 0 Å². The number of benzene rings is 2. The number of thiophene rings is 1. The molecular formula is C27H26N2O3S. The van der Waals surface area contributed by atoms with Crippen molar-refractivity contribution in [2.45, 2.75) is 38.1 Å². The highest BCUT2D eigenvalue weighted by Crippen LogP contribution is 2.48. The van der Waals surface area contributed by atoms with Crippen LogP contribution in [0.4, 0.5) is 11.4 Å². The summed E-state index contributed by atoms with van der Waals surface area (Å²) in [5, 5.41) is 5.62. The lowest BCUT2D eigenvalue weighted by Gasteiger charge is -2.35. The first kappa shape index (κ1) is 21.5. The highest BCUT2D eigenvalue weighted by Gasteiger charge is 2.41. The minimum absolute atomic E-state index is 0.0213. The Kier molecular flexibility index (Phi) is 5.77. The summed E-state index contributed by atoms with van der Waals surface area (Å²) in [7, 11) is 1.63. The van der Waals surface area contributed by atoms with Crippen LogP contribution in [0.2, 0.25) is 0 Å². The Bertz CT molecular complexity index is 1210. The number of Topliss-reactive ketones (excluding diaryl/α,β-unsaturated/α-hetero) is 1. The van der Waals surface area contributed by atoms with Crippen LogP contribution in [0.25, 0.3) is 0 Å². The molecule has 5 nitrogen and oxygen atoms in total. The lowest BCUT2D eigenvalue weighted by atomic mass is 9.80. The van der Waals surface area contributed by atoms with Gasteiger partial charge in [-0.2, -0.15) is 0 Å². The number of nitrogens with zero attached hydrogens (tertiary/aromatic N) is 1. The summed E-state index contributed by atoms with van der Waals surface area (Å²) in [5.74, 6) is 0.943. The Hall–Kier alpha value is -3.38. The summed E-state index contributed by atoms with van der Waals surface area (Å²) in [4.78, 5) is 30.1. The van der Waals surface area contributed by atoms with Gasteiger partial charge < -0.3 is 10.1 Å². The highest BCUT2D eigenvalue weighted by atomic mass is 32.1. The molecule has 0 radical (unpaired) electrons. The second-order valence-corrected chi connectivity index (χ2v) is 9.35. The standard InChI is InChI=1S/C27H26N2O3S/c1-3-25(31)29-22-8-5-4-7-20(22)28-21-15-18(24-9-6-14-33-24)16-23(30)26(21)27(29)17-10-12-19(32-2)13-11-17/h4-14,18,27-28H,3,15-16H2,1-2H3/t18-,27+/m1/s1. The van der Waals surface area contributed by atoms with Crippen LogP contribution >= 0.6 is 11.3 Å². The van der Waals surface area contributed by atoms with E-state index in [-0.39, 0.29) is 17.6 Å². The number of fused-ring (bicyclic) bond motifs is 1. The Labute approximate surface area is 197 Å². The Morgan fingerprint density at radius 1 is 1.09 bits per heavy atom. The number of hydrogen-bond donors (Lipinski definition) is 1. The summed E-state index contributed by atoms with van der Waals surface area (Å²) in [6.45, 7) is 1.86. The second kappa shape index (κ2) is 8.87. The minimum atomic E-state index is -0.494. The molecule has 0 unspecified atom stereocenters. The predicted octanol–water partition coefficient (Wildman–Crippen LogP) is 6.07. The van der Waals surface area contributed by atoms with Crippen LogP contribution in [0.5, 0.6) is 5.75 Å². The zero-order valence-corrected chi connectivity index (χ0v) is 19.5. The van der Waals surface area contributed by atoms with Crippen molar-refractivity contribution in [1.82, 2.24) is 0 Å². The molecule has 0 saturated carbocycles. The third-order valence-electron chi connectivity index (χ3n) is 6.44. The van der Waals surface area contributed by atoms with E-state index in [0.717, 1.165) is 34.8 Å². The van der Waals surface area contributed by atoms with Gasteiger partial charge in [0.15, 0.2) is 5.78 Å². The number of nitrogens with one attached hydrogen (secondary N) is 1. The number of ether oxygens (including phenoxy) is 1. The molecule has 33 heavy (non-hydrogen) atoms. The number of anilines is 2. The molecule has 2 aliphatic rings. The molecule has 3 aromatic rings. The van der Waals surface area contributed by atoms with Crippen molar-refractivity contribution in [2.24, 2.45) is 0 Å². The van der Waals surface area contributed by atoms with E-state index in [2.05, 4.69) is 16.8 Å². The summed E-state index contributed by atoms with van der Waals surface area (Å²) < 4.78 is 5.35. The number of amides is 1. The zero-order chi connectivity index (χ0) is 22.9. The van der Waals surface area contributed by atoms with E-state index in [0.29, 0.717) is 18.4 Å². The van der Waals surface area contributed by atoms with Crippen LogP contribution in [-0.2, 0) is 9.59 Å². The van der Waals surface area contributed by atoms with Gasteiger partial charge in [-0.05, 0) is 47.7 Å². The van der Waals surface area contributed by atoms with E-state index in [9.17, 15) is 9.59 Å². The van der Waals surface area contributed by atoms with Gasteiger partial charge in [-0.15, -0.1) is 11.3 Å². The first-order chi connectivity index (χ1) is 16.1. The molecular weight excluding hydrogens is 432 g/mol. The summed E-state index contributed by atoms with van der Waals surface area (Å²) in [6.07, 6.45) is 1.52. The topological polar surface area (TPSA) is 58.6 Å². The number of carbonyl (C=O) groups is 2. The van der Waals surface area contributed by atoms with Gasteiger partial charge in [0.1, 0.15) is 5.75 Å². The first-order valence-corrected chi connectivity index (χ1v) is 12.1. The SMILES string of the molecule is CCC(=O)N1c2ccccc2NC2=C(C(=O)C[C@H](c3cccs3)C2)[C@@H]1c1ccc(OC)cc1. The molecule has 1 aliphatic heterocycles. The average molecular weight is 459 g/mol. The molecule has 168 valence electrons. The Morgan fingerprint density at radius 2 is 1.88 bits per heavy atom. The molecule has 1 aromatic heterocycles. The van der Waals surface area contributed by atoms with Crippen molar-refractivity contribution < 1.29 is 14.3 Å². The average Bonchev–Trinajstić information content (AvgIpc) is 3.34. The number of hydrogen-bond acceptors (Lipinski definition) is 5. The van der Waals surface area contributed by atoms with Crippen molar-refractivity contribution in [3.63, 3.8) is 0 Å². The molecule has 0 saturated heterocycles. The zero-order valence-electron chi connectivity index (χ0n) is 18.7. The largest absolute Gasteiger partial charge is 0.497 e. The van der Waals surface area contributed by atoms with Gasteiger partial charge in [-0.1, -0.05) is 37.3 Å². The number of allylic oxidation sites excluding steroid dienone is 1. The highest BCUT2D eigenvalue weighted by molar-refractivity contribution is 7.10. The monoisotopic (exact) mass is 458 g/mol. The fourth-order valence-corrected chi connectivity index (χ4v) is 5.69. The van der Waals surface area contributed by atoms with E-state index in [1.54, 1.807) is 23.3 Å². The molecule has 2 atom stereocenters. The van der Waals surface area contributed by atoms with Gasteiger partial charge in [-0.3, -0.25) is 14.5 Å². The Balaban J connectivity index is 1.71. The summed E-state index contributed by atoms with van der Waals surface area (Å²) in [5.41, 5.74) is 4.13. The number of para-hydroxylation sites is 2. The predicted molar refractivity (Wildman–Crippen MR) is 132 cm³/mol. The number of ketones is 1. The number of methoxy groups -OCH3 is 1. The Morgan fingerprint density at radius 3 is 2.58 bits per heavy atom. The second-order valence-electron chi connectivity index (χ2n) is 8.37. The van der Waals surface area contributed by atoms with Crippen LogP contribution in [0.1, 0.15) is 48.6 Å². The first-order valence-electron chi connectivity index (χ1n) is 11.2. The molecule has 5 rings (SSSR count).